The standard InChI is InChI=1S/C17H25NO2/c1-13-6-9-17(19,10-7-13)12-18-15-8-11-20-16-5-3-2-4-14(15)16/h2-5,13,15,18-19H,6-12H2,1H3. The molecule has 0 amide bonds. The summed E-state index contributed by atoms with van der Waals surface area (Å²) in [5.74, 6) is 1.75. The van der Waals surface area contributed by atoms with Crippen molar-refractivity contribution >= 4 is 0 Å². The van der Waals surface area contributed by atoms with Gasteiger partial charge in [-0.3, -0.25) is 0 Å². The molecule has 0 saturated heterocycles. The SMILES string of the molecule is CC1CCC(O)(CNC2CCOc3ccccc32)CC1. The van der Waals surface area contributed by atoms with E-state index < -0.39 is 5.60 Å². The topological polar surface area (TPSA) is 41.5 Å². The number of fused-ring (bicyclic) bond motifs is 1. The van der Waals surface area contributed by atoms with Crippen LogP contribution in [-0.4, -0.2) is 23.9 Å². The molecule has 1 aliphatic heterocycles. The smallest absolute Gasteiger partial charge is 0.124 e. The molecular weight excluding hydrogens is 250 g/mol. The molecule has 1 heterocycles. The molecule has 0 aromatic heterocycles. The van der Waals surface area contributed by atoms with Crippen LogP contribution in [0.5, 0.6) is 5.75 Å². The molecule has 1 aliphatic carbocycles. The van der Waals surface area contributed by atoms with Crippen molar-refractivity contribution in [2.45, 2.75) is 50.7 Å². The minimum atomic E-state index is -0.514. The number of aliphatic hydroxyl groups is 1. The Bertz CT molecular complexity index is 452. The van der Waals surface area contributed by atoms with E-state index in [4.69, 9.17) is 4.74 Å². The first-order valence-corrected chi connectivity index (χ1v) is 7.84. The summed E-state index contributed by atoms with van der Waals surface area (Å²) in [5, 5.41) is 14.2. The second kappa shape index (κ2) is 5.74. The largest absolute Gasteiger partial charge is 0.493 e. The Morgan fingerprint density at radius 2 is 2.00 bits per heavy atom. The predicted molar refractivity (Wildman–Crippen MR) is 79.9 cm³/mol. The third-order valence-corrected chi connectivity index (χ3v) is 4.84. The second-order valence-electron chi connectivity index (χ2n) is 6.52. The van der Waals surface area contributed by atoms with Crippen molar-refractivity contribution in [3.05, 3.63) is 29.8 Å². The van der Waals surface area contributed by atoms with Crippen LogP contribution in [0.1, 0.15) is 50.6 Å². The molecule has 110 valence electrons. The van der Waals surface area contributed by atoms with Crippen LogP contribution < -0.4 is 10.1 Å². The van der Waals surface area contributed by atoms with Gasteiger partial charge in [0, 0.05) is 24.6 Å². The molecule has 3 heteroatoms. The first-order valence-electron chi connectivity index (χ1n) is 7.84. The Balaban J connectivity index is 1.62. The Kier molecular flexibility index (Phi) is 3.99. The van der Waals surface area contributed by atoms with Crippen molar-refractivity contribution in [2.75, 3.05) is 13.2 Å². The normalized spacial score (nSPS) is 33.3. The van der Waals surface area contributed by atoms with E-state index in [1.54, 1.807) is 0 Å². The summed E-state index contributed by atoms with van der Waals surface area (Å²) in [7, 11) is 0. The van der Waals surface area contributed by atoms with Gasteiger partial charge in [-0.25, -0.2) is 0 Å². The van der Waals surface area contributed by atoms with Crippen LogP contribution in [0.4, 0.5) is 0 Å². The molecule has 0 radical (unpaired) electrons. The van der Waals surface area contributed by atoms with Gasteiger partial charge in [-0.05, 0) is 37.7 Å². The van der Waals surface area contributed by atoms with Gasteiger partial charge in [0.15, 0.2) is 0 Å². The summed E-state index contributed by atoms with van der Waals surface area (Å²) in [5.41, 5.74) is 0.714. The fourth-order valence-electron chi connectivity index (χ4n) is 3.34. The lowest BCUT2D eigenvalue weighted by Gasteiger charge is -2.37. The second-order valence-corrected chi connectivity index (χ2v) is 6.52. The van der Waals surface area contributed by atoms with E-state index in [1.165, 1.54) is 5.56 Å². The average molecular weight is 275 g/mol. The Morgan fingerprint density at radius 1 is 1.25 bits per heavy atom. The van der Waals surface area contributed by atoms with Crippen LogP contribution in [-0.2, 0) is 0 Å². The van der Waals surface area contributed by atoms with Crippen molar-refractivity contribution in [1.29, 1.82) is 0 Å². The third kappa shape index (κ3) is 2.99. The molecular formula is C17H25NO2. The van der Waals surface area contributed by atoms with E-state index in [2.05, 4.69) is 24.4 Å². The number of nitrogens with one attached hydrogen (secondary N) is 1. The fraction of sp³-hybridized carbons (Fsp3) is 0.647. The van der Waals surface area contributed by atoms with E-state index in [0.717, 1.165) is 50.4 Å². The molecule has 1 aromatic rings. The molecule has 1 saturated carbocycles. The van der Waals surface area contributed by atoms with E-state index in [1.807, 2.05) is 12.1 Å². The highest BCUT2D eigenvalue weighted by atomic mass is 16.5. The summed E-state index contributed by atoms with van der Waals surface area (Å²) in [6.45, 7) is 3.73. The van der Waals surface area contributed by atoms with Gasteiger partial charge in [0.2, 0.25) is 0 Å². The quantitative estimate of drug-likeness (QED) is 0.891. The maximum atomic E-state index is 10.7. The lowest BCUT2D eigenvalue weighted by molar-refractivity contribution is -0.00914. The molecule has 2 N–H and O–H groups in total. The molecule has 20 heavy (non-hydrogen) atoms. The van der Waals surface area contributed by atoms with Crippen molar-refractivity contribution in [2.24, 2.45) is 5.92 Å². The highest BCUT2D eigenvalue weighted by Gasteiger charge is 2.33. The van der Waals surface area contributed by atoms with Crippen molar-refractivity contribution in [3.8, 4) is 5.75 Å². The average Bonchev–Trinajstić information content (AvgIpc) is 2.49. The fourth-order valence-corrected chi connectivity index (χ4v) is 3.34. The molecule has 2 aliphatic rings. The van der Waals surface area contributed by atoms with Gasteiger partial charge in [-0.2, -0.15) is 0 Å². The molecule has 1 fully saturated rings. The Morgan fingerprint density at radius 3 is 2.80 bits per heavy atom. The number of hydrogen-bond donors (Lipinski definition) is 2. The van der Waals surface area contributed by atoms with Crippen molar-refractivity contribution < 1.29 is 9.84 Å². The van der Waals surface area contributed by atoms with Gasteiger partial charge >= 0.3 is 0 Å². The highest BCUT2D eigenvalue weighted by molar-refractivity contribution is 5.37. The van der Waals surface area contributed by atoms with Crippen LogP contribution >= 0.6 is 0 Å². The minimum Gasteiger partial charge on any atom is -0.493 e. The molecule has 0 bridgehead atoms. The molecule has 1 unspecified atom stereocenters. The van der Waals surface area contributed by atoms with Gasteiger partial charge in [0.25, 0.3) is 0 Å². The first kappa shape index (κ1) is 13.9. The zero-order chi connectivity index (χ0) is 14.0. The van der Waals surface area contributed by atoms with Gasteiger partial charge in [0.05, 0.1) is 12.2 Å². The predicted octanol–water partition coefficient (Wildman–Crippen LogP) is 3.04. The molecule has 1 atom stereocenters. The number of para-hydroxylation sites is 1. The maximum absolute atomic E-state index is 10.7. The number of rotatable bonds is 3. The highest BCUT2D eigenvalue weighted by Crippen LogP contribution is 2.34. The van der Waals surface area contributed by atoms with Crippen LogP contribution in [0.2, 0.25) is 0 Å². The Labute approximate surface area is 121 Å². The molecule has 1 aromatic carbocycles. The van der Waals surface area contributed by atoms with Crippen molar-refractivity contribution in [1.82, 2.24) is 5.32 Å². The van der Waals surface area contributed by atoms with Gasteiger partial charge in [0.1, 0.15) is 5.75 Å². The van der Waals surface area contributed by atoms with Crippen LogP contribution in [0.3, 0.4) is 0 Å². The van der Waals surface area contributed by atoms with E-state index in [-0.39, 0.29) is 0 Å². The summed E-state index contributed by atoms with van der Waals surface area (Å²) >= 11 is 0. The maximum Gasteiger partial charge on any atom is 0.124 e. The van der Waals surface area contributed by atoms with E-state index >= 15 is 0 Å². The van der Waals surface area contributed by atoms with Crippen LogP contribution in [0.15, 0.2) is 24.3 Å². The summed E-state index contributed by atoms with van der Waals surface area (Å²) in [6.07, 6.45) is 5.10. The lowest BCUT2D eigenvalue weighted by atomic mass is 9.79. The number of ether oxygens (including phenoxy) is 1. The van der Waals surface area contributed by atoms with Crippen LogP contribution in [0.25, 0.3) is 0 Å². The molecule has 3 rings (SSSR count). The van der Waals surface area contributed by atoms with Gasteiger partial charge < -0.3 is 15.2 Å². The number of hydrogen-bond acceptors (Lipinski definition) is 3. The zero-order valence-electron chi connectivity index (χ0n) is 12.3. The molecule has 3 nitrogen and oxygen atoms in total. The Hall–Kier alpha value is -1.06. The monoisotopic (exact) mass is 275 g/mol. The number of benzene rings is 1. The third-order valence-electron chi connectivity index (χ3n) is 4.84. The van der Waals surface area contributed by atoms with E-state index in [9.17, 15) is 5.11 Å². The van der Waals surface area contributed by atoms with E-state index in [0.29, 0.717) is 12.6 Å². The lowest BCUT2D eigenvalue weighted by Crippen LogP contribution is -2.45. The summed E-state index contributed by atoms with van der Waals surface area (Å²) in [4.78, 5) is 0. The minimum absolute atomic E-state index is 0.309. The van der Waals surface area contributed by atoms with Crippen LogP contribution in [0, 0.1) is 5.92 Å². The van der Waals surface area contributed by atoms with Crippen molar-refractivity contribution in [3.63, 3.8) is 0 Å². The zero-order valence-corrected chi connectivity index (χ0v) is 12.3. The summed E-state index contributed by atoms with van der Waals surface area (Å²) < 4.78 is 5.68. The summed E-state index contributed by atoms with van der Waals surface area (Å²) in [6, 6.07) is 8.53. The first-order chi connectivity index (χ1) is 9.66. The van der Waals surface area contributed by atoms with Gasteiger partial charge in [-0.1, -0.05) is 25.1 Å². The van der Waals surface area contributed by atoms with Gasteiger partial charge in [-0.15, -0.1) is 0 Å². The molecule has 0 spiro atoms.